The minimum Gasteiger partial charge on any atom is -0.503 e. The van der Waals surface area contributed by atoms with Crippen LogP contribution in [0.4, 0.5) is 0 Å². The van der Waals surface area contributed by atoms with Crippen molar-refractivity contribution < 1.29 is 9.84 Å². The topological polar surface area (TPSA) is 44.7 Å². The molecule has 2 aliphatic heterocycles. The van der Waals surface area contributed by atoms with Crippen LogP contribution in [0.15, 0.2) is 16.6 Å². The van der Waals surface area contributed by atoms with Crippen molar-refractivity contribution in [3.63, 3.8) is 0 Å². The number of ether oxygens (including phenoxy) is 1. The molecule has 3 rings (SSSR count). The first-order valence-corrected chi connectivity index (χ1v) is 8.51. The molecule has 0 saturated carbocycles. The van der Waals surface area contributed by atoms with E-state index in [2.05, 4.69) is 26.1 Å². The van der Waals surface area contributed by atoms with Crippen LogP contribution in [0.25, 0.3) is 0 Å². The molecule has 0 spiro atoms. The summed E-state index contributed by atoms with van der Waals surface area (Å²) in [4.78, 5) is 2.57. The molecule has 2 atom stereocenters. The maximum atomic E-state index is 9.91. The van der Waals surface area contributed by atoms with Gasteiger partial charge in [-0.15, -0.1) is 0 Å². The van der Waals surface area contributed by atoms with E-state index in [1.54, 1.807) is 7.11 Å². The molecule has 116 valence electrons. The average molecular weight is 355 g/mol. The Morgan fingerprint density at radius 1 is 1.38 bits per heavy atom. The first kappa shape index (κ1) is 15.1. The Kier molecular flexibility index (Phi) is 4.72. The molecule has 1 aromatic carbocycles. The van der Waals surface area contributed by atoms with Crippen LogP contribution in [-0.4, -0.2) is 42.3 Å². The van der Waals surface area contributed by atoms with Gasteiger partial charge in [0.05, 0.1) is 11.6 Å². The number of methoxy groups -OCH3 is 1. The average Bonchev–Trinajstić information content (AvgIpc) is 3.13. The fourth-order valence-corrected chi connectivity index (χ4v) is 4.14. The quantitative estimate of drug-likeness (QED) is 0.872. The van der Waals surface area contributed by atoms with E-state index >= 15 is 0 Å². The maximum absolute atomic E-state index is 9.91. The van der Waals surface area contributed by atoms with Crippen LogP contribution < -0.4 is 10.1 Å². The number of nitrogens with zero attached hydrogens (tertiary/aromatic N) is 1. The molecule has 2 heterocycles. The minimum atomic E-state index is 0.177. The molecule has 2 aliphatic rings. The van der Waals surface area contributed by atoms with Crippen LogP contribution in [0, 0.1) is 0 Å². The van der Waals surface area contributed by atoms with Gasteiger partial charge < -0.3 is 15.2 Å². The Hall–Kier alpha value is -0.780. The van der Waals surface area contributed by atoms with E-state index in [0.717, 1.165) is 19.6 Å². The van der Waals surface area contributed by atoms with Crippen LogP contribution in [0.1, 0.15) is 31.2 Å². The van der Waals surface area contributed by atoms with Gasteiger partial charge in [-0.2, -0.15) is 0 Å². The second kappa shape index (κ2) is 6.55. The zero-order chi connectivity index (χ0) is 14.8. The number of halogens is 1. The number of rotatable bonds is 4. The third-order valence-corrected chi connectivity index (χ3v) is 5.28. The third-order valence-electron chi connectivity index (χ3n) is 4.67. The predicted octanol–water partition coefficient (Wildman–Crippen LogP) is 2.88. The first-order chi connectivity index (χ1) is 10.2. The number of nitrogens with one attached hydrogen (secondary N) is 1. The highest BCUT2D eigenvalue weighted by Gasteiger charge is 2.33. The summed E-state index contributed by atoms with van der Waals surface area (Å²) in [6.07, 6.45) is 5.16. The lowest BCUT2D eigenvalue weighted by Crippen LogP contribution is -2.43. The van der Waals surface area contributed by atoms with Crippen molar-refractivity contribution in [2.45, 2.75) is 44.3 Å². The molecule has 0 aromatic heterocycles. The Labute approximate surface area is 134 Å². The largest absolute Gasteiger partial charge is 0.503 e. The minimum absolute atomic E-state index is 0.177. The van der Waals surface area contributed by atoms with Gasteiger partial charge in [0, 0.05) is 18.6 Å². The third kappa shape index (κ3) is 3.20. The van der Waals surface area contributed by atoms with Gasteiger partial charge in [-0.1, -0.05) is 0 Å². The number of phenols is 1. The lowest BCUT2D eigenvalue weighted by Gasteiger charge is -2.29. The molecular formula is C16H23BrN2O2. The molecular weight excluding hydrogens is 332 g/mol. The number of benzene rings is 1. The van der Waals surface area contributed by atoms with Crippen LogP contribution in [0.5, 0.6) is 11.5 Å². The summed E-state index contributed by atoms with van der Waals surface area (Å²) >= 11 is 3.41. The summed E-state index contributed by atoms with van der Waals surface area (Å²) in [5.74, 6) is 0.714. The fourth-order valence-electron chi connectivity index (χ4n) is 3.65. The van der Waals surface area contributed by atoms with Gasteiger partial charge in [-0.25, -0.2) is 0 Å². The summed E-state index contributed by atoms with van der Waals surface area (Å²) in [7, 11) is 1.59. The van der Waals surface area contributed by atoms with Gasteiger partial charge in [0.1, 0.15) is 0 Å². The Bertz CT molecular complexity index is 503. The van der Waals surface area contributed by atoms with Crippen molar-refractivity contribution in [2.75, 3.05) is 20.2 Å². The molecule has 4 nitrogen and oxygen atoms in total. The van der Waals surface area contributed by atoms with Gasteiger partial charge in [-0.05, 0) is 72.4 Å². The van der Waals surface area contributed by atoms with E-state index in [9.17, 15) is 5.11 Å². The van der Waals surface area contributed by atoms with Crippen molar-refractivity contribution in [1.82, 2.24) is 10.2 Å². The van der Waals surface area contributed by atoms with Gasteiger partial charge in [-0.3, -0.25) is 4.90 Å². The van der Waals surface area contributed by atoms with Crippen LogP contribution in [0.2, 0.25) is 0 Å². The van der Waals surface area contributed by atoms with Crippen molar-refractivity contribution in [2.24, 2.45) is 0 Å². The van der Waals surface area contributed by atoms with E-state index in [1.807, 2.05) is 12.1 Å². The summed E-state index contributed by atoms with van der Waals surface area (Å²) in [5.41, 5.74) is 1.18. The number of hydrogen-bond acceptors (Lipinski definition) is 4. The Morgan fingerprint density at radius 3 is 2.95 bits per heavy atom. The number of aromatic hydroxyl groups is 1. The Balaban J connectivity index is 1.74. The summed E-state index contributed by atoms with van der Waals surface area (Å²) in [5, 5.41) is 13.6. The molecule has 0 bridgehead atoms. The van der Waals surface area contributed by atoms with E-state index < -0.39 is 0 Å². The summed E-state index contributed by atoms with van der Waals surface area (Å²) < 4.78 is 5.95. The molecule has 0 aliphatic carbocycles. The summed E-state index contributed by atoms with van der Waals surface area (Å²) in [6, 6.07) is 5.23. The number of hydrogen-bond donors (Lipinski definition) is 2. The fraction of sp³-hybridized carbons (Fsp3) is 0.625. The highest BCUT2D eigenvalue weighted by molar-refractivity contribution is 9.10. The zero-order valence-corrected chi connectivity index (χ0v) is 14.0. The van der Waals surface area contributed by atoms with E-state index in [0.29, 0.717) is 22.3 Å². The van der Waals surface area contributed by atoms with Gasteiger partial charge in [0.25, 0.3) is 0 Å². The molecule has 0 amide bonds. The smallest absolute Gasteiger partial charge is 0.172 e. The van der Waals surface area contributed by atoms with Crippen LogP contribution >= 0.6 is 15.9 Å². The molecule has 5 heteroatoms. The molecule has 2 N–H and O–H groups in total. The van der Waals surface area contributed by atoms with Crippen molar-refractivity contribution >= 4 is 15.9 Å². The second-order valence-electron chi connectivity index (χ2n) is 6.01. The Morgan fingerprint density at radius 2 is 2.24 bits per heavy atom. The predicted molar refractivity (Wildman–Crippen MR) is 86.8 cm³/mol. The normalized spacial score (nSPS) is 26.4. The number of phenolic OH excluding ortho intramolecular Hbond substituents is 1. The standard InChI is InChI=1S/C16H23BrN2O2/c1-21-15-9-11(8-12(17)16(15)20)10-19-7-3-5-14(19)13-4-2-6-18-13/h8-9,13-14,18,20H,2-7,10H2,1H3. The first-order valence-electron chi connectivity index (χ1n) is 7.72. The highest BCUT2D eigenvalue weighted by Crippen LogP contribution is 2.36. The van der Waals surface area contributed by atoms with Gasteiger partial charge >= 0.3 is 0 Å². The zero-order valence-electron chi connectivity index (χ0n) is 12.4. The van der Waals surface area contributed by atoms with Crippen molar-refractivity contribution in [3.05, 3.63) is 22.2 Å². The lowest BCUT2D eigenvalue weighted by molar-refractivity contribution is 0.206. The van der Waals surface area contributed by atoms with E-state index in [4.69, 9.17) is 4.74 Å². The van der Waals surface area contributed by atoms with Crippen LogP contribution in [-0.2, 0) is 6.54 Å². The molecule has 2 unspecified atom stereocenters. The highest BCUT2D eigenvalue weighted by atomic mass is 79.9. The maximum Gasteiger partial charge on any atom is 0.172 e. The van der Waals surface area contributed by atoms with Crippen molar-refractivity contribution in [1.29, 1.82) is 0 Å². The molecule has 2 saturated heterocycles. The molecule has 2 fully saturated rings. The summed E-state index contributed by atoms with van der Waals surface area (Å²) in [6.45, 7) is 3.23. The van der Waals surface area contributed by atoms with Crippen molar-refractivity contribution in [3.8, 4) is 11.5 Å². The monoisotopic (exact) mass is 354 g/mol. The molecule has 1 aromatic rings. The molecule has 0 radical (unpaired) electrons. The van der Waals surface area contributed by atoms with Crippen LogP contribution in [0.3, 0.4) is 0 Å². The van der Waals surface area contributed by atoms with Gasteiger partial charge in [0.2, 0.25) is 0 Å². The lowest BCUT2D eigenvalue weighted by atomic mass is 10.0. The second-order valence-corrected chi connectivity index (χ2v) is 6.87. The molecule has 21 heavy (non-hydrogen) atoms. The van der Waals surface area contributed by atoms with Gasteiger partial charge in [0.15, 0.2) is 11.5 Å². The SMILES string of the molecule is COc1cc(CN2CCCC2C2CCCN2)cc(Br)c1O. The van der Waals surface area contributed by atoms with E-state index in [1.165, 1.54) is 31.2 Å². The number of likely N-dealkylation sites (tertiary alicyclic amines) is 1. The van der Waals surface area contributed by atoms with E-state index in [-0.39, 0.29) is 5.75 Å².